The Bertz CT molecular complexity index is 641. The summed E-state index contributed by atoms with van der Waals surface area (Å²) in [5, 5.41) is 12.1. The molecule has 124 valence electrons. The molecule has 1 unspecified atom stereocenters. The van der Waals surface area contributed by atoms with Crippen molar-refractivity contribution < 1.29 is 4.79 Å². The van der Waals surface area contributed by atoms with Gasteiger partial charge >= 0.3 is 0 Å². The summed E-state index contributed by atoms with van der Waals surface area (Å²) < 4.78 is 2.07. The number of hydrogen-bond acceptors (Lipinski definition) is 5. The van der Waals surface area contributed by atoms with Crippen LogP contribution >= 0.6 is 11.8 Å². The molecule has 2 heterocycles. The third kappa shape index (κ3) is 4.54. The van der Waals surface area contributed by atoms with E-state index in [2.05, 4.69) is 32.0 Å². The maximum atomic E-state index is 12.1. The topological polar surface area (TPSA) is 72.7 Å². The predicted octanol–water partition coefficient (Wildman–Crippen LogP) is 2.76. The largest absolute Gasteiger partial charge is 0.353 e. The summed E-state index contributed by atoms with van der Waals surface area (Å²) in [4.78, 5) is 16.1. The van der Waals surface area contributed by atoms with Gasteiger partial charge in [-0.05, 0) is 39.3 Å². The molecule has 1 atom stereocenters. The van der Waals surface area contributed by atoms with Gasteiger partial charge in [-0.3, -0.25) is 9.78 Å². The van der Waals surface area contributed by atoms with Crippen molar-refractivity contribution >= 4 is 17.7 Å². The molecule has 2 rings (SSSR count). The molecule has 0 saturated heterocycles. The predicted molar refractivity (Wildman–Crippen MR) is 92.1 cm³/mol. The fourth-order valence-electron chi connectivity index (χ4n) is 2.13. The molecular weight excluding hydrogens is 310 g/mol. The normalized spacial score (nSPS) is 12.4. The summed E-state index contributed by atoms with van der Waals surface area (Å²) in [6.07, 6.45) is 4.45. The number of pyridine rings is 1. The van der Waals surface area contributed by atoms with Gasteiger partial charge in [-0.25, -0.2) is 0 Å². The number of aromatic nitrogens is 4. The highest BCUT2D eigenvalue weighted by Gasteiger charge is 2.20. The maximum Gasteiger partial charge on any atom is 0.233 e. The van der Waals surface area contributed by atoms with E-state index in [9.17, 15) is 4.79 Å². The van der Waals surface area contributed by atoms with E-state index in [1.54, 1.807) is 12.4 Å². The Labute approximate surface area is 141 Å². The van der Waals surface area contributed by atoms with Crippen LogP contribution in [-0.4, -0.2) is 36.9 Å². The summed E-state index contributed by atoms with van der Waals surface area (Å²) in [5.74, 6) is 0.828. The monoisotopic (exact) mass is 333 g/mol. The van der Waals surface area contributed by atoms with Crippen LogP contribution in [0.25, 0.3) is 11.4 Å². The number of nitrogens with zero attached hydrogens (tertiary/aromatic N) is 4. The second kappa shape index (κ2) is 8.10. The van der Waals surface area contributed by atoms with E-state index < -0.39 is 0 Å². The lowest BCUT2D eigenvalue weighted by Gasteiger charge is -2.14. The molecule has 0 aromatic carbocycles. The van der Waals surface area contributed by atoms with E-state index in [1.807, 2.05) is 32.9 Å². The van der Waals surface area contributed by atoms with Crippen LogP contribution in [0.2, 0.25) is 0 Å². The Hall–Kier alpha value is -1.89. The van der Waals surface area contributed by atoms with Crippen molar-refractivity contribution in [1.29, 1.82) is 0 Å². The van der Waals surface area contributed by atoms with Crippen molar-refractivity contribution in [2.24, 2.45) is 0 Å². The summed E-state index contributed by atoms with van der Waals surface area (Å²) >= 11 is 1.44. The highest BCUT2D eigenvalue weighted by molar-refractivity contribution is 8.00. The lowest BCUT2D eigenvalue weighted by molar-refractivity contribution is -0.120. The minimum absolute atomic E-state index is 0.0153. The Morgan fingerprint density at radius 3 is 2.57 bits per heavy atom. The van der Waals surface area contributed by atoms with Gasteiger partial charge in [-0.2, -0.15) is 0 Å². The highest BCUT2D eigenvalue weighted by Crippen LogP contribution is 2.27. The molecule has 0 fully saturated rings. The average Bonchev–Trinajstić information content (AvgIpc) is 2.90. The molecule has 0 radical (unpaired) electrons. The van der Waals surface area contributed by atoms with Gasteiger partial charge in [0.25, 0.3) is 0 Å². The summed E-state index contributed by atoms with van der Waals surface area (Å²) in [7, 11) is 0. The lowest BCUT2D eigenvalue weighted by atomic mass is 10.2. The van der Waals surface area contributed by atoms with Crippen molar-refractivity contribution in [1.82, 2.24) is 25.1 Å². The number of thioether (sulfide) groups is 1. The van der Waals surface area contributed by atoms with Crippen molar-refractivity contribution in [2.45, 2.75) is 57.1 Å². The molecule has 0 aliphatic carbocycles. The molecule has 2 aromatic heterocycles. The van der Waals surface area contributed by atoms with Crippen molar-refractivity contribution in [3.63, 3.8) is 0 Å². The van der Waals surface area contributed by atoms with E-state index in [0.29, 0.717) is 0 Å². The van der Waals surface area contributed by atoms with E-state index in [0.717, 1.165) is 29.5 Å². The molecule has 0 spiro atoms. The summed E-state index contributed by atoms with van der Waals surface area (Å²) in [5.41, 5.74) is 0.979. The van der Waals surface area contributed by atoms with Crippen LogP contribution in [0.3, 0.4) is 0 Å². The molecule has 1 N–H and O–H groups in total. The van der Waals surface area contributed by atoms with Gasteiger partial charge in [0.15, 0.2) is 11.0 Å². The fourth-order valence-corrected chi connectivity index (χ4v) is 3.01. The first-order chi connectivity index (χ1) is 11.0. The van der Waals surface area contributed by atoms with Crippen LogP contribution in [-0.2, 0) is 11.3 Å². The standard InChI is InChI=1S/C16H23N5OS/c1-5-10-21-14(13-6-8-17-9-7-13)19-20-16(21)23-12(4)15(22)18-11(2)3/h6-9,11-12H,5,10H2,1-4H3,(H,18,22). The Morgan fingerprint density at radius 2 is 1.96 bits per heavy atom. The molecular formula is C16H23N5OS. The molecule has 1 amide bonds. The van der Waals surface area contributed by atoms with E-state index in [-0.39, 0.29) is 17.2 Å². The Kier molecular flexibility index (Phi) is 6.15. The van der Waals surface area contributed by atoms with E-state index >= 15 is 0 Å². The Balaban J connectivity index is 2.22. The number of rotatable bonds is 7. The molecule has 6 nitrogen and oxygen atoms in total. The zero-order valence-corrected chi connectivity index (χ0v) is 14.8. The van der Waals surface area contributed by atoms with E-state index in [4.69, 9.17) is 0 Å². The molecule has 0 saturated carbocycles. The third-order valence-electron chi connectivity index (χ3n) is 3.18. The van der Waals surface area contributed by atoms with Crippen molar-refractivity contribution in [2.75, 3.05) is 0 Å². The van der Waals surface area contributed by atoms with Crippen LogP contribution in [0.4, 0.5) is 0 Å². The minimum Gasteiger partial charge on any atom is -0.353 e. The summed E-state index contributed by atoms with van der Waals surface area (Å²) in [6.45, 7) is 8.72. The fraction of sp³-hybridized carbons (Fsp3) is 0.500. The number of hydrogen-bond donors (Lipinski definition) is 1. The second-order valence-electron chi connectivity index (χ2n) is 5.62. The minimum atomic E-state index is -0.220. The SMILES string of the molecule is CCCn1c(SC(C)C(=O)NC(C)C)nnc1-c1ccncc1. The van der Waals surface area contributed by atoms with Crippen molar-refractivity contribution in [3.8, 4) is 11.4 Å². The Morgan fingerprint density at radius 1 is 1.26 bits per heavy atom. The molecule has 0 aliphatic heterocycles. The molecule has 7 heteroatoms. The van der Waals surface area contributed by atoms with Crippen LogP contribution in [0, 0.1) is 0 Å². The van der Waals surface area contributed by atoms with Gasteiger partial charge in [-0.1, -0.05) is 18.7 Å². The van der Waals surface area contributed by atoms with E-state index in [1.165, 1.54) is 11.8 Å². The number of carbonyl (C=O) groups excluding carboxylic acids is 1. The van der Waals surface area contributed by atoms with Crippen LogP contribution in [0.15, 0.2) is 29.7 Å². The molecule has 2 aromatic rings. The van der Waals surface area contributed by atoms with Crippen LogP contribution < -0.4 is 5.32 Å². The first-order valence-electron chi connectivity index (χ1n) is 7.83. The molecule has 0 bridgehead atoms. The number of amides is 1. The third-order valence-corrected chi connectivity index (χ3v) is 4.27. The van der Waals surface area contributed by atoms with Crippen LogP contribution in [0.5, 0.6) is 0 Å². The molecule has 23 heavy (non-hydrogen) atoms. The zero-order valence-electron chi connectivity index (χ0n) is 14.0. The van der Waals surface area contributed by atoms with Gasteiger partial charge < -0.3 is 9.88 Å². The van der Waals surface area contributed by atoms with Crippen LogP contribution in [0.1, 0.15) is 34.1 Å². The van der Waals surface area contributed by atoms with Gasteiger partial charge in [-0.15, -0.1) is 10.2 Å². The van der Waals surface area contributed by atoms with Gasteiger partial charge in [0.05, 0.1) is 5.25 Å². The van der Waals surface area contributed by atoms with Gasteiger partial charge in [0.2, 0.25) is 5.91 Å². The first-order valence-corrected chi connectivity index (χ1v) is 8.71. The van der Waals surface area contributed by atoms with Gasteiger partial charge in [0, 0.05) is 30.5 Å². The lowest BCUT2D eigenvalue weighted by Crippen LogP contribution is -2.36. The maximum absolute atomic E-state index is 12.1. The number of nitrogens with one attached hydrogen (secondary N) is 1. The average molecular weight is 333 g/mol. The smallest absolute Gasteiger partial charge is 0.233 e. The highest BCUT2D eigenvalue weighted by atomic mass is 32.2. The second-order valence-corrected chi connectivity index (χ2v) is 6.93. The number of carbonyl (C=O) groups is 1. The first kappa shape index (κ1) is 17.5. The summed E-state index contributed by atoms with van der Waals surface area (Å²) in [6, 6.07) is 3.96. The quantitative estimate of drug-likeness (QED) is 0.789. The van der Waals surface area contributed by atoms with Crippen molar-refractivity contribution in [3.05, 3.63) is 24.5 Å². The van der Waals surface area contributed by atoms with Gasteiger partial charge in [0.1, 0.15) is 0 Å². The molecule has 0 aliphatic rings. The zero-order chi connectivity index (χ0) is 16.8.